The number of aromatic nitrogens is 2. The quantitative estimate of drug-likeness (QED) is 0.568. The van der Waals surface area contributed by atoms with Crippen LogP contribution in [-0.2, 0) is 9.53 Å². The minimum absolute atomic E-state index is 0.195. The number of rotatable bonds is 5. The topological polar surface area (TPSA) is 63.9 Å². The zero-order chi connectivity index (χ0) is 18.7. The van der Waals surface area contributed by atoms with Gasteiger partial charge in [-0.25, -0.2) is 4.52 Å². The molecule has 0 saturated carbocycles. The maximum Gasteiger partial charge on any atom is 0.326 e. The van der Waals surface area contributed by atoms with E-state index in [-0.39, 0.29) is 19.1 Å². The van der Waals surface area contributed by atoms with E-state index in [2.05, 4.69) is 21.0 Å². The highest BCUT2D eigenvalue weighted by Crippen LogP contribution is 2.23. The lowest BCUT2D eigenvalue weighted by Crippen LogP contribution is -2.36. The minimum Gasteiger partial charge on any atom is -0.465 e. The fourth-order valence-corrected chi connectivity index (χ4v) is 2.99. The van der Waals surface area contributed by atoms with E-state index >= 15 is 0 Å². The van der Waals surface area contributed by atoms with Crippen LogP contribution in [0.3, 0.4) is 0 Å². The maximum atomic E-state index is 13.1. The van der Waals surface area contributed by atoms with Crippen LogP contribution in [0.15, 0.2) is 53.3 Å². The Kier molecular flexibility index (Phi) is 5.58. The number of nitrogens with zero attached hydrogens (tertiary/aromatic N) is 3. The van der Waals surface area contributed by atoms with Crippen LogP contribution < -0.4 is 4.90 Å². The molecule has 0 N–H and O–H groups in total. The van der Waals surface area contributed by atoms with E-state index in [9.17, 15) is 9.59 Å². The van der Waals surface area contributed by atoms with E-state index in [1.807, 2.05) is 0 Å². The highest BCUT2D eigenvalue weighted by molar-refractivity contribution is 9.10. The number of esters is 1. The van der Waals surface area contributed by atoms with Gasteiger partial charge in [0.25, 0.3) is 5.91 Å². The number of fused-ring (bicyclic) bond motifs is 1. The van der Waals surface area contributed by atoms with Gasteiger partial charge >= 0.3 is 5.97 Å². The molecule has 0 radical (unpaired) electrons. The number of halogens is 2. The molecule has 134 valence electrons. The lowest BCUT2D eigenvalue weighted by molar-refractivity contribution is -0.141. The zero-order valence-corrected chi connectivity index (χ0v) is 16.2. The summed E-state index contributed by atoms with van der Waals surface area (Å²) >= 11 is 9.33. The third kappa shape index (κ3) is 3.89. The molecule has 0 bridgehead atoms. The Hall–Kier alpha value is -2.38. The van der Waals surface area contributed by atoms with Gasteiger partial charge in [0.2, 0.25) is 0 Å². The Labute approximate surface area is 163 Å². The molecule has 26 heavy (non-hydrogen) atoms. The third-order valence-electron chi connectivity index (χ3n) is 3.70. The molecule has 0 unspecified atom stereocenters. The van der Waals surface area contributed by atoms with Gasteiger partial charge in [0.15, 0.2) is 0 Å². The normalized spacial score (nSPS) is 10.7. The summed E-state index contributed by atoms with van der Waals surface area (Å²) in [5.41, 5.74) is 1.74. The van der Waals surface area contributed by atoms with Crippen molar-refractivity contribution in [2.24, 2.45) is 0 Å². The fourth-order valence-electron chi connectivity index (χ4n) is 2.48. The SMILES string of the molecule is CCOC(=O)CN(C(=O)c1ccn2ncc(Br)c2c1)c1ccc(Cl)cc1. The van der Waals surface area contributed by atoms with Crippen molar-refractivity contribution in [2.75, 3.05) is 18.1 Å². The van der Waals surface area contributed by atoms with Crippen molar-refractivity contribution in [1.82, 2.24) is 9.61 Å². The van der Waals surface area contributed by atoms with Crippen LogP contribution in [-0.4, -0.2) is 34.6 Å². The molecule has 0 saturated heterocycles. The summed E-state index contributed by atoms with van der Waals surface area (Å²) in [7, 11) is 0. The van der Waals surface area contributed by atoms with Crippen LogP contribution in [0, 0.1) is 0 Å². The number of benzene rings is 1. The summed E-state index contributed by atoms with van der Waals surface area (Å²) in [6.07, 6.45) is 3.34. The Morgan fingerprint density at radius 3 is 2.69 bits per heavy atom. The molecule has 3 aromatic rings. The average molecular weight is 437 g/mol. The Morgan fingerprint density at radius 2 is 2.00 bits per heavy atom. The van der Waals surface area contributed by atoms with Crippen LogP contribution >= 0.6 is 27.5 Å². The van der Waals surface area contributed by atoms with Crippen LogP contribution in [0.5, 0.6) is 0 Å². The second-order valence-electron chi connectivity index (χ2n) is 5.41. The van der Waals surface area contributed by atoms with Crippen LogP contribution in [0.1, 0.15) is 17.3 Å². The van der Waals surface area contributed by atoms with E-state index < -0.39 is 5.97 Å². The molecule has 0 aliphatic rings. The lowest BCUT2D eigenvalue weighted by atomic mass is 10.2. The summed E-state index contributed by atoms with van der Waals surface area (Å²) < 4.78 is 7.43. The number of hydrogen-bond donors (Lipinski definition) is 0. The number of hydrogen-bond acceptors (Lipinski definition) is 4. The molecule has 1 aromatic carbocycles. The summed E-state index contributed by atoms with van der Waals surface area (Å²) in [6.45, 7) is 1.77. The van der Waals surface area contributed by atoms with E-state index in [0.717, 1.165) is 9.99 Å². The summed E-state index contributed by atoms with van der Waals surface area (Å²) in [4.78, 5) is 26.4. The monoisotopic (exact) mass is 435 g/mol. The molecular formula is C18H15BrClN3O3. The van der Waals surface area contributed by atoms with Gasteiger partial charge < -0.3 is 4.74 Å². The molecule has 8 heteroatoms. The van der Waals surface area contributed by atoms with Gasteiger partial charge in [-0.3, -0.25) is 14.5 Å². The number of anilines is 1. The molecule has 0 spiro atoms. The van der Waals surface area contributed by atoms with Crippen LogP contribution in [0.25, 0.3) is 5.52 Å². The molecule has 0 fully saturated rings. The van der Waals surface area contributed by atoms with E-state index in [1.165, 1.54) is 4.90 Å². The lowest BCUT2D eigenvalue weighted by Gasteiger charge is -2.22. The van der Waals surface area contributed by atoms with Crippen LogP contribution in [0.4, 0.5) is 5.69 Å². The largest absolute Gasteiger partial charge is 0.465 e. The van der Waals surface area contributed by atoms with Crippen molar-refractivity contribution in [3.8, 4) is 0 Å². The Morgan fingerprint density at radius 1 is 1.27 bits per heavy atom. The predicted octanol–water partition coefficient (Wildman–Crippen LogP) is 3.96. The maximum absolute atomic E-state index is 13.1. The number of ether oxygens (including phenoxy) is 1. The first-order chi connectivity index (χ1) is 12.5. The van der Waals surface area contributed by atoms with Crippen molar-refractivity contribution in [2.45, 2.75) is 6.92 Å². The van der Waals surface area contributed by atoms with Crippen LogP contribution in [0.2, 0.25) is 5.02 Å². The van der Waals surface area contributed by atoms with Gasteiger partial charge in [-0.2, -0.15) is 5.10 Å². The van der Waals surface area contributed by atoms with Crippen molar-refractivity contribution >= 4 is 50.6 Å². The van der Waals surface area contributed by atoms with Gasteiger partial charge in [-0.15, -0.1) is 0 Å². The smallest absolute Gasteiger partial charge is 0.326 e. The standard InChI is InChI=1S/C18H15BrClN3O3/c1-2-26-17(24)11-22(14-5-3-13(20)4-6-14)18(25)12-7-8-23-16(9-12)15(19)10-21-23/h3-10H,2,11H2,1H3. The van der Waals surface area contributed by atoms with Crippen molar-refractivity contribution in [1.29, 1.82) is 0 Å². The highest BCUT2D eigenvalue weighted by Gasteiger charge is 2.22. The molecule has 2 heterocycles. The number of amides is 1. The van der Waals surface area contributed by atoms with Crippen molar-refractivity contribution in [3.05, 3.63) is 63.9 Å². The number of carbonyl (C=O) groups excluding carboxylic acids is 2. The summed E-state index contributed by atoms with van der Waals surface area (Å²) in [5.74, 6) is -0.807. The van der Waals surface area contributed by atoms with Gasteiger partial charge in [0.1, 0.15) is 6.54 Å². The Balaban J connectivity index is 1.98. The van der Waals surface area contributed by atoms with E-state index in [4.69, 9.17) is 16.3 Å². The molecule has 0 aliphatic carbocycles. The first kappa shape index (κ1) is 18.4. The molecular weight excluding hydrogens is 422 g/mol. The van der Waals surface area contributed by atoms with Gasteiger partial charge in [-0.1, -0.05) is 11.6 Å². The first-order valence-electron chi connectivity index (χ1n) is 7.85. The molecule has 1 amide bonds. The first-order valence-corrected chi connectivity index (χ1v) is 9.02. The Bertz CT molecular complexity index is 956. The summed E-state index contributed by atoms with van der Waals surface area (Å²) in [6, 6.07) is 10.1. The predicted molar refractivity (Wildman–Crippen MR) is 103 cm³/mol. The molecule has 2 aromatic heterocycles. The van der Waals surface area contributed by atoms with Gasteiger partial charge in [-0.05, 0) is 59.3 Å². The number of carbonyl (C=O) groups is 2. The molecule has 0 aliphatic heterocycles. The molecule has 3 rings (SSSR count). The molecule has 0 atom stereocenters. The van der Waals surface area contributed by atoms with Crippen molar-refractivity contribution < 1.29 is 14.3 Å². The fraction of sp³-hybridized carbons (Fsp3) is 0.167. The number of pyridine rings is 1. The third-order valence-corrected chi connectivity index (χ3v) is 4.56. The summed E-state index contributed by atoms with van der Waals surface area (Å²) in [5, 5.41) is 4.70. The second-order valence-corrected chi connectivity index (χ2v) is 6.70. The zero-order valence-electron chi connectivity index (χ0n) is 13.9. The highest BCUT2D eigenvalue weighted by atomic mass is 79.9. The minimum atomic E-state index is -0.484. The molecule has 6 nitrogen and oxygen atoms in total. The average Bonchev–Trinajstić information content (AvgIpc) is 3.01. The van der Waals surface area contributed by atoms with E-state index in [1.54, 1.807) is 60.2 Å². The van der Waals surface area contributed by atoms with Crippen molar-refractivity contribution in [3.63, 3.8) is 0 Å². The van der Waals surface area contributed by atoms with E-state index in [0.29, 0.717) is 16.3 Å². The van der Waals surface area contributed by atoms with Gasteiger partial charge in [0.05, 0.1) is 22.8 Å². The van der Waals surface area contributed by atoms with Gasteiger partial charge in [0, 0.05) is 22.5 Å². The second kappa shape index (κ2) is 7.88.